The number of hydrogen-bond donors (Lipinski definition) is 1. The summed E-state index contributed by atoms with van der Waals surface area (Å²) < 4.78 is 5.21. The molecule has 86 valence electrons. The zero-order valence-electron chi connectivity index (χ0n) is 8.57. The van der Waals surface area contributed by atoms with Crippen LogP contribution in [0, 0.1) is 10.1 Å². The van der Waals surface area contributed by atoms with Crippen molar-refractivity contribution in [1.82, 2.24) is 5.01 Å². The van der Waals surface area contributed by atoms with Crippen LogP contribution < -0.4 is 0 Å². The minimum absolute atomic E-state index is 0.0600. The van der Waals surface area contributed by atoms with Crippen molar-refractivity contribution in [3.63, 3.8) is 0 Å². The predicted octanol–water partition coefficient (Wildman–Crippen LogP) is 0.957. The van der Waals surface area contributed by atoms with Crippen molar-refractivity contribution in [2.45, 2.75) is 6.04 Å². The number of para-hydroxylation sites is 1. The molecule has 0 spiro atoms. The normalized spacial score (nSPS) is 20.8. The van der Waals surface area contributed by atoms with Gasteiger partial charge >= 0.3 is 0 Å². The molecule has 1 saturated heterocycles. The first-order valence-corrected chi connectivity index (χ1v) is 4.96. The second-order valence-corrected chi connectivity index (χ2v) is 3.55. The number of rotatable bonds is 2. The van der Waals surface area contributed by atoms with Gasteiger partial charge in [0.25, 0.3) is 0 Å². The van der Waals surface area contributed by atoms with Crippen molar-refractivity contribution >= 4 is 0 Å². The molecule has 16 heavy (non-hydrogen) atoms. The molecule has 1 atom stereocenters. The fourth-order valence-corrected chi connectivity index (χ4v) is 1.81. The molecule has 0 saturated carbocycles. The molecule has 1 unspecified atom stereocenters. The van der Waals surface area contributed by atoms with Crippen LogP contribution >= 0.6 is 0 Å². The minimum atomic E-state index is -0.523. The number of nitro groups is 1. The van der Waals surface area contributed by atoms with Gasteiger partial charge in [0.2, 0.25) is 0 Å². The van der Waals surface area contributed by atoms with Gasteiger partial charge < -0.3 is 9.84 Å². The van der Waals surface area contributed by atoms with Crippen molar-refractivity contribution in [1.29, 1.82) is 0 Å². The largest absolute Gasteiger partial charge is 0.508 e. The molecule has 0 radical (unpaired) electrons. The molecule has 0 aliphatic carbocycles. The fourth-order valence-electron chi connectivity index (χ4n) is 1.81. The number of nitrogens with zero attached hydrogens (tertiary/aromatic N) is 2. The summed E-state index contributed by atoms with van der Waals surface area (Å²) >= 11 is 0. The summed E-state index contributed by atoms with van der Waals surface area (Å²) in [4.78, 5) is 10.8. The standard InChI is InChI=1S/C10H12N2O4/c13-10-4-2-1-3-8(10)9-7-16-6-5-11(9)12(14)15/h1-4,9,13H,5-7H2. The van der Waals surface area contributed by atoms with Crippen LogP contribution in [0.5, 0.6) is 5.75 Å². The van der Waals surface area contributed by atoms with E-state index in [4.69, 9.17) is 4.74 Å². The number of hydrazine groups is 1. The highest BCUT2D eigenvalue weighted by Gasteiger charge is 2.33. The zero-order chi connectivity index (χ0) is 11.5. The molecule has 0 bridgehead atoms. The van der Waals surface area contributed by atoms with Gasteiger partial charge in [-0.1, -0.05) is 18.2 Å². The van der Waals surface area contributed by atoms with Crippen molar-refractivity contribution < 1.29 is 14.9 Å². The van der Waals surface area contributed by atoms with Crippen molar-refractivity contribution in [3.05, 3.63) is 39.9 Å². The lowest BCUT2D eigenvalue weighted by atomic mass is 10.1. The molecule has 2 rings (SSSR count). The quantitative estimate of drug-likeness (QED) is 0.598. The van der Waals surface area contributed by atoms with Gasteiger partial charge in [0.05, 0.1) is 13.2 Å². The molecule has 0 aromatic heterocycles. The second kappa shape index (κ2) is 4.36. The van der Waals surface area contributed by atoms with E-state index in [9.17, 15) is 15.2 Å². The van der Waals surface area contributed by atoms with Crippen LogP contribution in [0.25, 0.3) is 0 Å². The average molecular weight is 224 g/mol. The summed E-state index contributed by atoms with van der Waals surface area (Å²) in [5.41, 5.74) is 0.527. The van der Waals surface area contributed by atoms with E-state index < -0.39 is 11.1 Å². The average Bonchev–Trinajstić information content (AvgIpc) is 2.29. The first kappa shape index (κ1) is 10.7. The summed E-state index contributed by atoms with van der Waals surface area (Å²) in [6.07, 6.45) is 0. The monoisotopic (exact) mass is 224 g/mol. The Hall–Kier alpha value is -1.82. The highest BCUT2D eigenvalue weighted by Crippen LogP contribution is 2.30. The Bertz CT molecular complexity index is 396. The van der Waals surface area contributed by atoms with Gasteiger partial charge in [0.1, 0.15) is 18.3 Å². The van der Waals surface area contributed by atoms with Crippen molar-refractivity contribution in [3.8, 4) is 5.75 Å². The Labute approximate surface area is 92.2 Å². The topological polar surface area (TPSA) is 75.8 Å². The molecule has 1 N–H and O–H groups in total. The summed E-state index contributed by atoms with van der Waals surface area (Å²) in [5.74, 6) is 0.0600. The maximum atomic E-state index is 10.8. The van der Waals surface area contributed by atoms with Crippen molar-refractivity contribution in [2.75, 3.05) is 19.8 Å². The summed E-state index contributed by atoms with van der Waals surface area (Å²) in [7, 11) is 0. The van der Waals surface area contributed by atoms with Gasteiger partial charge in [0, 0.05) is 5.56 Å². The van der Waals surface area contributed by atoms with E-state index >= 15 is 0 Å². The van der Waals surface area contributed by atoms with Crippen LogP contribution in [-0.2, 0) is 4.74 Å². The van der Waals surface area contributed by atoms with Gasteiger partial charge in [-0.05, 0) is 6.07 Å². The third-order valence-corrected chi connectivity index (χ3v) is 2.61. The fraction of sp³-hybridized carbons (Fsp3) is 0.400. The smallest absolute Gasteiger partial charge is 0.160 e. The molecule has 6 heteroatoms. The number of phenols is 1. The molecule has 1 aromatic carbocycles. The Kier molecular flexibility index (Phi) is 2.91. The summed E-state index contributed by atoms with van der Waals surface area (Å²) in [5, 5.41) is 21.2. The van der Waals surface area contributed by atoms with Crippen molar-refractivity contribution in [2.24, 2.45) is 0 Å². The Balaban J connectivity index is 2.30. The van der Waals surface area contributed by atoms with Crippen LogP contribution in [0.1, 0.15) is 11.6 Å². The molecule has 1 aromatic rings. The predicted molar refractivity (Wildman–Crippen MR) is 55.4 cm³/mol. The van der Waals surface area contributed by atoms with E-state index in [2.05, 4.69) is 0 Å². The molecule has 6 nitrogen and oxygen atoms in total. The van der Waals surface area contributed by atoms with Crippen LogP contribution in [0.2, 0.25) is 0 Å². The van der Waals surface area contributed by atoms with Gasteiger partial charge in [-0.15, -0.1) is 5.01 Å². The van der Waals surface area contributed by atoms with Gasteiger partial charge in [-0.3, -0.25) is 0 Å². The highest BCUT2D eigenvalue weighted by atomic mass is 16.7. The van der Waals surface area contributed by atoms with E-state index in [0.29, 0.717) is 12.2 Å². The number of morpholine rings is 1. The third kappa shape index (κ3) is 1.92. The van der Waals surface area contributed by atoms with Crippen LogP contribution in [-0.4, -0.2) is 34.9 Å². The lowest BCUT2D eigenvalue weighted by Gasteiger charge is -2.29. The third-order valence-electron chi connectivity index (χ3n) is 2.61. The molecule has 1 aliphatic heterocycles. The van der Waals surface area contributed by atoms with E-state index in [1.807, 2.05) is 0 Å². The van der Waals surface area contributed by atoms with E-state index in [-0.39, 0.29) is 18.9 Å². The molecule has 1 fully saturated rings. The van der Waals surface area contributed by atoms with Gasteiger partial charge in [-0.25, -0.2) is 10.1 Å². The molecular weight excluding hydrogens is 212 g/mol. The summed E-state index contributed by atoms with van der Waals surface area (Å²) in [6, 6.07) is 6.08. The number of ether oxygens (including phenoxy) is 1. The summed E-state index contributed by atoms with van der Waals surface area (Å²) in [6.45, 7) is 0.787. The Morgan fingerprint density at radius 1 is 1.50 bits per heavy atom. The zero-order valence-corrected chi connectivity index (χ0v) is 8.57. The second-order valence-electron chi connectivity index (χ2n) is 3.55. The van der Waals surface area contributed by atoms with Gasteiger partial charge in [-0.2, -0.15) is 0 Å². The Morgan fingerprint density at radius 2 is 2.25 bits per heavy atom. The van der Waals surface area contributed by atoms with E-state index in [1.165, 1.54) is 6.07 Å². The van der Waals surface area contributed by atoms with E-state index in [0.717, 1.165) is 5.01 Å². The molecule has 1 aliphatic rings. The maximum absolute atomic E-state index is 10.8. The van der Waals surface area contributed by atoms with E-state index in [1.54, 1.807) is 18.2 Å². The number of aromatic hydroxyl groups is 1. The van der Waals surface area contributed by atoms with Crippen LogP contribution in [0.15, 0.2) is 24.3 Å². The van der Waals surface area contributed by atoms with Gasteiger partial charge in [0.15, 0.2) is 5.03 Å². The lowest BCUT2D eigenvalue weighted by molar-refractivity contribution is -0.671. The highest BCUT2D eigenvalue weighted by molar-refractivity contribution is 5.34. The minimum Gasteiger partial charge on any atom is -0.508 e. The SMILES string of the molecule is O=[N+]([O-])N1CCOCC1c1ccccc1O. The van der Waals surface area contributed by atoms with Crippen LogP contribution in [0.3, 0.4) is 0 Å². The Morgan fingerprint density at radius 3 is 2.94 bits per heavy atom. The van der Waals surface area contributed by atoms with Crippen LogP contribution in [0.4, 0.5) is 0 Å². The first-order chi connectivity index (χ1) is 7.70. The molecule has 1 heterocycles. The lowest BCUT2D eigenvalue weighted by Crippen LogP contribution is -2.43. The molecule has 0 amide bonds. The number of hydrogen-bond acceptors (Lipinski definition) is 4. The number of benzene rings is 1. The first-order valence-electron chi connectivity index (χ1n) is 4.96. The maximum Gasteiger partial charge on any atom is 0.160 e. The molecular formula is C10H12N2O4. The number of phenolic OH excluding ortho intramolecular Hbond substituents is 1.